The van der Waals surface area contributed by atoms with Gasteiger partial charge in [-0.25, -0.2) is 0 Å². The molecular weight excluding hydrogens is 148 g/mol. The predicted molar refractivity (Wildman–Crippen MR) is 55.2 cm³/mol. The van der Waals surface area contributed by atoms with Gasteiger partial charge in [0, 0.05) is 12.6 Å². The SMILES string of the molecule is CCC(C)C(N)CN(CC)CC. The van der Waals surface area contributed by atoms with E-state index < -0.39 is 0 Å². The third kappa shape index (κ3) is 4.07. The lowest BCUT2D eigenvalue weighted by atomic mass is 10.00. The largest absolute Gasteiger partial charge is 0.326 e. The zero-order valence-electron chi connectivity index (χ0n) is 9.01. The number of nitrogens with zero attached hydrogens (tertiary/aromatic N) is 1. The second-order valence-corrected chi connectivity index (χ2v) is 3.54. The van der Waals surface area contributed by atoms with Crippen LogP contribution in [-0.2, 0) is 0 Å². The first kappa shape index (κ1) is 11.9. The summed E-state index contributed by atoms with van der Waals surface area (Å²) < 4.78 is 0. The van der Waals surface area contributed by atoms with Crippen LogP contribution in [0.3, 0.4) is 0 Å². The molecule has 2 unspecified atom stereocenters. The maximum atomic E-state index is 6.04. The summed E-state index contributed by atoms with van der Waals surface area (Å²) in [6.07, 6.45) is 1.18. The molecule has 74 valence electrons. The highest BCUT2D eigenvalue weighted by Gasteiger charge is 2.12. The van der Waals surface area contributed by atoms with E-state index in [0.29, 0.717) is 12.0 Å². The molecule has 0 radical (unpaired) electrons. The minimum absolute atomic E-state index is 0.342. The Labute approximate surface area is 77.1 Å². The van der Waals surface area contributed by atoms with Crippen LogP contribution >= 0.6 is 0 Å². The molecule has 2 atom stereocenters. The minimum Gasteiger partial charge on any atom is -0.326 e. The van der Waals surface area contributed by atoms with Gasteiger partial charge in [0.15, 0.2) is 0 Å². The lowest BCUT2D eigenvalue weighted by Gasteiger charge is -2.26. The van der Waals surface area contributed by atoms with E-state index in [1.165, 1.54) is 6.42 Å². The first-order valence-electron chi connectivity index (χ1n) is 5.13. The Bertz CT molecular complexity index is 100. The van der Waals surface area contributed by atoms with Crippen LogP contribution in [0.1, 0.15) is 34.1 Å². The maximum absolute atomic E-state index is 6.04. The Morgan fingerprint density at radius 3 is 2.00 bits per heavy atom. The van der Waals surface area contributed by atoms with Crippen molar-refractivity contribution in [2.75, 3.05) is 19.6 Å². The molecule has 0 aliphatic carbocycles. The third-order valence-electron chi connectivity index (χ3n) is 2.74. The van der Waals surface area contributed by atoms with Crippen LogP contribution in [0, 0.1) is 5.92 Å². The fourth-order valence-corrected chi connectivity index (χ4v) is 1.26. The lowest BCUT2D eigenvalue weighted by molar-refractivity contribution is 0.252. The molecule has 0 aromatic heterocycles. The molecule has 0 spiro atoms. The van der Waals surface area contributed by atoms with Crippen molar-refractivity contribution in [2.45, 2.75) is 40.2 Å². The Kier molecular flexibility index (Phi) is 6.39. The molecule has 0 saturated carbocycles. The number of nitrogens with two attached hydrogens (primary N) is 1. The van der Waals surface area contributed by atoms with E-state index in [1.807, 2.05) is 0 Å². The van der Waals surface area contributed by atoms with Crippen LogP contribution in [-0.4, -0.2) is 30.6 Å². The van der Waals surface area contributed by atoms with E-state index in [2.05, 4.69) is 32.6 Å². The zero-order valence-corrected chi connectivity index (χ0v) is 9.01. The van der Waals surface area contributed by atoms with Crippen LogP contribution in [0.4, 0.5) is 0 Å². The van der Waals surface area contributed by atoms with E-state index in [-0.39, 0.29) is 0 Å². The molecule has 12 heavy (non-hydrogen) atoms. The molecule has 0 heterocycles. The Balaban J connectivity index is 3.72. The fraction of sp³-hybridized carbons (Fsp3) is 1.00. The van der Waals surface area contributed by atoms with E-state index in [4.69, 9.17) is 5.73 Å². The van der Waals surface area contributed by atoms with Crippen LogP contribution < -0.4 is 5.73 Å². The summed E-state index contributed by atoms with van der Waals surface area (Å²) in [5.41, 5.74) is 6.04. The van der Waals surface area contributed by atoms with Crippen molar-refractivity contribution >= 4 is 0 Å². The van der Waals surface area contributed by atoms with Crippen molar-refractivity contribution < 1.29 is 0 Å². The Morgan fingerprint density at radius 2 is 1.67 bits per heavy atom. The van der Waals surface area contributed by atoms with Gasteiger partial charge in [0.05, 0.1) is 0 Å². The molecule has 0 fully saturated rings. The highest BCUT2D eigenvalue weighted by molar-refractivity contribution is 4.71. The van der Waals surface area contributed by atoms with Gasteiger partial charge in [-0.1, -0.05) is 34.1 Å². The normalized spacial score (nSPS) is 16.5. The number of hydrogen-bond acceptors (Lipinski definition) is 2. The van der Waals surface area contributed by atoms with E-state index in [1.54, 1.807) is 0 Å². The second kappa shape index (κ2) is 6.44. The summed E-state index contributed by atoms with van der Waals surface area (Å²) >= 11 is 0. The molecule has 0 aromatic rings. The van der Waals surface area contributed by atoms with Gasteiger partial charge in [-0.2, -0.15) is 0 Å². The quantitative estimate of drug-likeness (QED) is 0.661. The minimum atomic E-state index is 0.342. The maximum Gasteiger partial charge on any atom is 0.0193 e. The molecule has 2 heteroatoms. The molecule has 0 bridgehead atoms. The second-order valence-electron chi connectivity index (χ2n) is 3.54. The Morgan fingerprint density at radius 1 is 1.17 bits per heavy atom. The predicted octanol–water partition coefficient (Wildman–Crippen LogP) is 1.70. The first-order chi connectivity index (χ1) is 5.65. The third-order valence-corrected chi connectivity index (χ3v) is 2.74. The van der Waals surface area contributed by atoms with Gasteiger partial charge in [-0.3, -0.25) is 0 Å². The van der Waals surface area contributed by atoms with Crippen LogP contribution in [0.2, 0.25) is 0 Å². The summed E-state index contributed by atoms with van der Waals surface area (Å²) in [6, 6.07) is 0.342. The van der Waals surface area contributed by atoms with Crippen LogP contribution in [0.25, 0.3) is 0 Å². The van der Waals surface area contributed by atoms with E-state index >= 15 is 0 Å². The molecule has 2 nitrogen and oxygen atoms in total. The van der Waals surface area contributed by atoms with Gasteiger partial charge in [-0.15, -0.1) is 0 Å². The summed E-state index contributed by atoms with van der Waals surface area (Å²) in [5, 5.41) is 0. The Hall–Kier alpha value is -0.0800. The van der Waals surface area contributed by atoms with Crippen LogP contribution in [0.15, 0.2) is 0 Å². The monoisotopic (exact) mass is 172 g/mol. The molecule has 0 rings (SSSR count). The highest BCUT2D eigenvalue weighted by atomic mass is 15.1. The zero-order chi connectivity index (χ0) is 9.56. The van der Waals surface area contributed by atoms with Crippen molar-refractivity contribution in [2.24, 2.45) is 11.7 Å². The number of likely N-dealkylation sites (N-methyl/N-ethyl adjacent to an activating group) is 1. The molecule has 0 aliphatic heterocycles. The van der Waals surface area contributed by atoms with Crippen molar-refractivity contribution in [3.63, 3.8) is 0 Å². The average Bonchev–Trinajstić information content (AvgIpc) is 2.12. The molecule has 0 aliphatic rings. The van der Waals surface area contributed by atoms with Crippen LogP contribution in [0.5, 0.6) is 0 Å². The lowest BCUT2D eigenvalue weighted by Crippen LogP contribution is -2.41. The van der Waals surface area contributed by atoms with Gasteiger partial charge in [0.1, 0.15) is 0 Å². The molecule has 0 saturated heterocycles. The number of hydrogen-bond donors (Lipinski definition) is 1. The number of rotatable bonds is 6. The average molecular weight is 172 g/mol. The summed E-state index contributed by atoms with van der Waals surface area (Å²) in [6.45, 7) is 12.1. The van der Waals surface area contributed by atoms with Crippen molar-refractivity contribution in [1.82, 2.24) is 4.90 Å². The van der Waals surface area contributed by atoms with Gasteiger partial charge in [0.25, 0.3) is 0 Å². The van der Waals surface area contributed by atoms with Gasteiger partial charge >= 0.3 is 0 Å². The molecule has 2 N–H and O–H groups in total. The van der Waals surface area contributed by atoms with Crippen molar-refractivity contribution in [3.05, 3.63) is 0 Å². The van der Waals surface area contributed by atoms with Gasteiger partial charge in [0.2, 0.25) is 0 Å². The topological polar surface area (TPSA) is 29.3 Å². The van der Waals surface area contributed by atoms with E-state index in [9.17, 15) is 0 Å². The summed E-state index contributed by atoms with van der Waals surface area (Å²) in [4.78, 5) is 2.39. The van der Waals surface area contributed by atoms with E-state index in [0.717, 1.165) is 19.6 Å². The molecule has 0 aromatic carbocycles. The summed E-state index contributed by atoms with van der Waals surface area (Å²) in [5.74, 6) is 0.644. The standard InChI is InChI=1S/C10H24N2/c1-5-9(4)10(11)8-12(6-2)7-3/h9-10H,5-8,11H2,1-4H3. The van der Waals surface area contributed by atoms with Gasteiger partial charge < -0.3 is 10.6 Å². The molecular formula is C10H24N2. The fourth-order valence-electron chi connectivity index (χ4n) is 1.26. The smallest absolute Gasteiger partial charge is 0.0193 e. The van der Waals surface area contributed by atoms with Crippen molar-refractivity contribution in [3.8, 4) is 0 Å². The molecule has 0 amide bonds. The van der Waals surface area contributed by atoms with Crippen molar-refractivity contribution in [1.29, 1.82) is 0 Å². The summed E-state index contributed by atoms with van der Waals surface area (Å²) in [7, 11) is 0. The van der Waals surface area contributed by atoms with Gasteiger partial charge in [-0.05, 0) is 19.0 Å². The highest BCUT2D eigenvalue weighted by Crippen LogP contribution is 2.06. The first-order valence-corrected chi connectivity index (χ1v) is 5.13.